The van der Waals surface area contributed by atoms with Crippen molar-refractivity contribution in [3.05, 3.63) is 12.0 Å². The van der Waals surface area contributed by atoms with Gasteiger partial charge in [-0.25, -0.2) is 0 Å². The Balaban J connectivity index is 2.69. The van der Waals surface area contributed by atoms with Gasteiger partial charge in [-0.3, -0.25) is 10.1 Å². The molecular weight excluding hydrogens is 130 g/mol. The summed E-state index contributed by atoms with van der Waals surface area (Å²) >= 11 is 5.31. The third-order valence-corrected chi connectivity index (χ3v) is 1.13. The lowest BCUT2D eigenvalue weighted by Crippen LogP contribution is -2.20. The van der Waals surface area contributed by atoms with Crippen LogP contribution in [0.5, 0.6) is 0 Å². The number of hydrogen-bond donors (Lipinski definition) is 2. The zero-order chi connectivity index (χ0) is 6.15. The van der Waals surface area contributed by atoms with Crippen LogP contribution in [0.25, 0.3) is 0 Å². The highest BCUT2D eigenvalue weighted by Gasteiger charge is 2.20. The van der Waals surface area contributed by atoms with Crippen molar-refractivity contribution in [2.45, 2.75) is 5.38 Å². The number of carbonyl (C=O) groups is 1. The second-order valence-electron chi connectivity index (χ2n) is 1.44. The number of carbonyl (C=O) groups excluding carboxylic acids is 1. The molecule has 1 aliphatic rings. The molecule has 0 fully saturated rings. The number of aliphatic hydroxyl groups is 1. The number of rotatable bonds is 0. The van der Waals surface area contributed by atoms with Gasteiger partial charge in [0.1, 0.15) is 5.38 Å². The van der Waals surface area contributed by atoms with E-state index in [2.05, 4.69) is 5.32 Å². The minimum atomic E-state index is -0.699. The molecule has 0 aromatic carbocycles. The smallest absolute Gasteiger partial charge is 0.248 e. The van der Waals surface area contributed by atoms with E-state index in [1.807, 2.05) is 0 Å². The second-order valence-corrected chi connectivity index (χ2v) is 1.91. The normalized spacial score (nSPS) is 27.4. The van der Waals surface area contributed by atoms with Gasteiger partial charge in [-0.1, -0.05) is 0 Å². The van der Waals surface area contributed by atoms with Crippen molar-refractivity contribution in [2.24, 2.45) is 0 Å². The Bertz CT molecular complexity index is 154. The van der Waals surface area contributed by atoms with Gasteiger partial charge in [0, 0.05) is 6.08 Å². The van der Waals surface area contributed by atoms with Crippen molar-refractivity contribution in [3.8, 4) is 0 Å². The van der Waals surface area contributed by atoms with E-state index >= 15 is 0 Å². The number of nitrogens with one attached hydrogen (secondary N) is 1. The number of amides is 1. The fourth-order valence-corrected chi connectivity index (χ4v) is 0.625. The van der Waals surface area contributed by atoms with Crippen LogP contribution < -0.4 is 5.32 Å². The molecule has 1 heterocycles. The minimum Gasteiger partial charge on any atom is -0.495 e. The average Bonchev–Trinajstić information content (AvgIpc) is 1.85. The van der Waals surface area contributed by atoms with Crippen LogP contribution in [0.1, 0.15) is 0 Å². The Kier molecular flexibility index (Phi) is 1.13. The van der Waals surface area contributed by atoms with Crippen LogP contribution >= 0.6 is 11.6 Å². The van der Waals surface area contributed by atoms with Crippen molar-refractivity contribution in [1.29, 1.82) is 0 Å². The lowest BCUT2D eigenvalue weighted by atomic mass is 10.4. The zero-order valence-corrected chi connectivity index (χ0v) is 4.64. The topological polar surface area (TPSA) is 49.3 Å². The van der Waals surface area contributed by atoms with Gasteiger partial charge < -0.3 is 5.11 Å². The average molecular weight is 134 g/mol. The second kappa shape index (κ2) is 1.67. The Morgan fingerprint density at radius 3 is 2.62 bits per heavy atom. The van der Waals surface area contributed by atoms with Gasteiger partial charge in [-0.2, -0.15) is 0 Å². The highest BCUT2D eigenvalue weighted by Crippen LogP contribution is 2.06. The number of hydrogen-bond acceptors (Lipinski definition) is 2. The van der Waals surface area contributed by atoms with E-state index < -0.39 is 5.38 Å². The van der Waals surface area contributed by atoms with Gasteiger partial charge in [0.05, 0.1) is 0 Å². The van der Waals surface area contributed by atoms with Gasteiger partial charge in [-0.15, -0.1) is 11.6 Å². The van der Waals surface area contributed by atoms with Crippen LogP contribution in [0.3, 0.4) is 0 Å². The first kappa shape index (κ1) is 5.44. The first-order valence-electron chi connectivity index (χ1n) is 2.06. The van der Waals surface area contributed by atoms with Crippen molar-refractivity contribution < 1.29 is 9.90 Å². The fraction of sp³-hybridized carbons (Fsp3) is 0.250. The molecule has 0 aromatic rings. The summed E-state index contributed by atoms with van der Waals surface area (Å²) in [6.45, 7) is 0. The van der Waals surface area contributed by atoms with Crippen molar-refractivity contribution in [3.63, 3.8) is 0 Å². The first-order chi connectivity index (χ1) is 3.70. The molecule has 1 aliphatic heterocycles. The Labute approximate surface area is 50.9 Å². The summed E-state index contributed by atoms with van der Waals surface area (Å²) in [4.78, 5) is 10.3. The molecule has 4 heteroatoms. The SMILES string of the molecule is O=C1NC(O)=CC1Cl. The molecule has 0 spiro atoms. The van der Waals surface area contributed by atoms with Crippen LogP contribution in [0.2, 0.25) is 0 Å². The van der Waals surface area contributed by atoms with Crippen LogP contribution in [0.15, 0.2) is 12.0 Å². The molecule has 1 rings (SSSR count). The van der Waals surface area contributed by atoms with E-state index in [1.165, 1.54) is 6.08 Å². The van der Waals surface area contributed by atoms with Crippen LogP contribution in [0.4, 0.5) is 0 Å². The predicted molar refractivity (Wildman–Crippen MR) is 28.5 cm³/mol. The van der Waals surface area contributed by atoms with Gasteiger partial charge in [-0.05, 0) is 0 Å². The third kappa shape index (κ3) is 0.767. The van der Waals surface area contributed by atoms with Crippen LogP contribution in [-0.4, -0.2) is 16.4 Å². The Hall–Kier alpha value is -0.700. The molecule has 0 saturated heterocycles. The van der Waals surface area contributed by atoms with E-state index in [9.17, 15) is 4.79 Å². The Morgan fingerprint density at radius 2 is 2.50 bits per heavy atom. The highest BCUT2D eigenvalue weighted by atomic mass is 35.5. The molecule has 44 valence electrons. The molecule has 8 heavy (non-hydrogen) atoms. The van der Waals surface area contributed by atoms with Gasteiger partial charge in [0.2, 0.25) is 5.91 Å². The molecule has 0 radical (unpaired) electrons. The van der Waals surface area contributed by atoms with E-state index in [0.29, 0.717) is 0 Å². The van der Waals surface area contributed by atoms with E-state index in [1.54, 1.807) is 0 Å². The molecule has 0 aliphatic carbocycles. The molecule has 3 nitrogen and oxygen atoms in total. The number of alkyl halides is 1. The minimum absolute atomic E-state index is 0.157. The lowest BCUT2D eigenvalue weighted by Gasteiger charge is -1.90. The molecule has 0 aromatic heterocycles. The third-order valence-electron chi connectivity index (χ3n) is 0.806. The standard InChI is InChI=1S/C4H4ClNO2/c5-2-1-3(7)6-4(2)8/h1-2,7H,(H,6,8). The first-order valence-corrected chi connectivity index (χ1v) is 2.49. The number of aliphatic hydroxyl groups excluding tert-OH is 1. The fourth-order valence-electron chi connectivity index (χ4n) is 0.451. The molecular formula is C4H4ClNO2. The maximum atomic E-state index is 10.3. The predicted octanol–water partition coefficient (Wildman–Crippen LogP) is 0.123. The lowest BCUT2D eigenvalue weighted by molar-refractivity contribution is -0.118. The van der Waals surface area contributed by atoms with Gasteiger partial charge in [0.25, 0.3) is 0 Å². The summed E-state index contributed by atoms with van der Waals surface area (Å²) in [5.74, 6) is -0.529. The summed E-state index contributed by atoms with van der Waals surface area (Å²) in [7, 11) is 0. The molecule has 2 N–H and O–H groups in total. The molecule has 1 atom stereocenters. The Morgan fingerprint density at radius 1 is 1.88 bits per heavy atom. The largest absolute Gasteiger partial charge is 0.495 e. The van der Waals surface area contributed by atoms with Crippen molar-refractivity contribution in [2.75, 3.05) is 0 Å². The summed E-state index contributed by atoms with van der Waals surface area (Å²) in [6.07, 6.45) is 1.24. The summed E-state index contributed by atoms with van der Waals surface area (Å²) in [5, 5.41) is 9.93. The maximum absolute atomic E-state index is 10.3. The number of halogens is 1. The van der Waals surface area contributed by atoms with Crippen LogP contribution in [-0.2, 0) is 4.79 Å². The summed E-state index contributed by atoms with van der Waals surface area (Å²) < 4.78 is 0. The maximum Gasteiger partial charge on any atom is 0.248 e. The molecule has 0 saturated carbocycles. The van der Waals surface area contributed by atoms with E-state index in [0.717, 1.165) is 0 Å². The molecule has 1 unspecified atom stereocenters. The molecule has 0 bridgehead atoms. The van der Waals surface area contributed by atoms with E-state index in [4.69, 9.17) is 16.7 Å². The van der Waals surface area contributed by atoms with Crippen molar-refractivity contribution in [1.82, 2.24) is 5.32 Å². The van der Waals surface area contributed by atoms with Crippen LogP contribution in [0, 0.1) is 0 Å². The monoisotopic (exact) mass is 133 g/mol. The van der Waals surface area contributed by atoms with Gasteiger partial charge in [0.15, 0.2) is 5.88 Å². The highest BCUT2D eigenvalue weighted by molar-refractivity contribution is 6.33. The van der Waals surface area contributed by atoms with E-state index in [-0.39, 0.29) is 11.8 Å². The summed E-state index contributed by atoms with van der Waals surface area (Å²) in [6, 6.07) is 0. The van der Waals surface area contributed by atoms with Crippen molar-refractivity contribution >= 4 is 17.5 Å². The quantitative estimate of drug-likeness (QED) is 0.462. The summed E-state index contributed by atoms with van der Waals surface area (Å²) in [5.41, 5.74) is 0. The zero-order valence-electron chi connectivity index (χ0n) is 3.89. The van der Waals surface area contributed by atoms with Gasteiger partial charge >= 0.3 is 0 Å². The molecule has 1 amide bonds.